The first kappa shape index (κ1) is 32.1. The predicted molar refractivity (Wildman–Crippen MR) is 151 cm³/mol. The molecule has 0 aliphatic carbocycles. The number of carboxylic acids is 1. The molecule has 0 spiro atoms. The minimum Gasteiger partial charge on any atom is -0.489 e. The Hall–Kier alpha value is -4.08. The number of alkyl carbamates (subject to hydrolysis) is 1. The van der Waals surface area contributed by atoms with E-state index < -0.39 is 47.6 Å². The number of carbonyl (C=O) groups is 4. The summed E-state index contributed by atoms with van der Waals surface area (Å²) in [5, 5.41) is 17.0. The summed E-state index contributed by atoms with van der Waals surface area (Å²) in [6.07, 6.45) is 1.04. The molecule has 2 aromatic rings. The van der Waals surface area contributed by atoms with Gasteiger partial charge in [-0.2, -0.15) is 0 Å². The van der Waals surface area contributed by atoms with Crippen molar-refractivity contribution in [2.75, 3.05) is 0 Å². The highest BCUT2D eigenvalue weighted by Crippen LogP contribution is 2.16. The van der Waals surface area contributed by atoms with Gasteiger partial charge in [0.15, 0.2) is 0 Å². The number of ether oxygens (including phenoxy) is 2. The molecule has 0 aliphatic rings. The van der Waals surface area contributed by atoms with Crippen LogP contribution >= 0.6 is 0 Å². The highest BCUT2D eigenvalue weighted by molar-refractivity contribution is 5.92. The summed E-state index contributed by atoms with van der Waals surface area (Å²) in [4.78, 5) is 49.8. The van der Waals surface area contributed by atoms with E-state index in [1.54, 1.807) is 45.0 Å². The molecular formula is C30H41N3O7. The van der Waals surface area contributed by atoms with Crippen LogP contribution in [0.5, 0.6) is 5.75 Å². The Morgan fingerprint density at radius 1 is 0.850 bits per heavy atom. The molecule has 2 rings (SSSR count). The minimum absolute atomic E-state index is 0.118. The molecule has 218 valence electrons. The lowest BCUT2D eigenvalue weighted by Crippen LogP contribution is -2.55. The Balaban J connectivity index is 2.08. The number of nitrogens with one attached hydrogen (secondary N) is 3. The third-order valence-electron chi connectivity index (χ3n) is 5.83. The van der Waals surface area contributed by atoms with E-state index in [0.29, 0.717) is 18.8 Å². The van der Waals surface area contributed by atoms with E-state index in [1.165, 1.54) is 6.92 Å². The van der Waals surface area contributed by atoms with Crippen LogP contribution in [0, 0.1) is 0 Å². The van der Waals surface area contributed by atoms with Gasteiger partial charge in [0.2, 0.25) is 11.8 Å². The van der Waals surface area contributed by atoms with Crippen molar-refractivity contribution in [3.8, 4) is 5.75 Å². The number of carboxylic acid groups (broad SMARTS) is 1. The molecule has 0 aromatic heterocycles. The Morgan fingerprint density at radius 3 is 2.08 bits per heavy atom. The SMILES string of the molecule is CCCC[C@H](NC(=O)[C@H](C)NC(=O)[C@H](Cc1ccc(OCc2ccccc2)cc1)NC(=O)OC(C)(C)C)C(=O)O. The first-order valence-electron chi connectivity index (χ1n) is 13.5. The monoisotopic (exact) mass is 555 g/mol. The molecule has 0 fully saturated rings. The summed E-state index contributed by atoms with van der Waals surface area (Å²) >= 11 is 0. The molecule has 2 aromatic carbocycles. The summed E-state index contributed by atoms with van der Waals surface area (Å²) in [5.41, 5.74) is 0.995. The van der Waals surface area contributed by atoms with Gasteiger partial charge >= 0.3 is 12.1 Å². The van der Waals surface area contributed by atoms with Crippen LogP contribution in [0.25, 0.3) is 0 Å². The van der Waals surface area contributed by atoms with Crippen molar-refractivity contribution in [2.45, 2.75) is 90.6 Å². The number of carbonyl (C=O) groups excluding carboxylic acids is 3. The Morgan fingerprint density at radius 2 is 1.50 bits per heavy atom. The molecule has 3 amide bonds. The van der Waals surface area contributed by atoms with Crippen molar-refractivity contribution >= 4 is 23.9 Å². The highest BCUT2D eigenvalue weighted by Gasteiger charge is 2.28. The molecule has 0 radical (unpaired) electrons. The third kappa shape index (κ3) is 11.8. The van der Waals surface area contributed by atoms with E-state index >= 15 is 0 Å². The standard InChI is InChI=1S/C30H41N3O7/c1-6-7-13-24(28(36)37)32-26(34)20(2)31-27(35)25(33-29(38)40-30(3,4)5)18-21-14-16-23(17-15-21)39-19-22-11-9-8-10-12-22/h8-12,14-17,20,24-25H,6-7,13,18-19H2,1-5H3,(H,31,35)(H,32,34)(H,33,38)(H,36,37)/t20-,24-,25-/m0/s1. The lowest BCUT2D eigenvalue weighted by molar-refractivity contribution is -0.142. The molecule has 0 saturated heterocycles. The summed E-state index contributed by atoms with van der Waals surface area (Å²) in [6.45, 7) is 8.91. The maximum Gasteiger partial charge on any atom is 0.408 e. The van der Waals surface area contributed by atoms with Crippen molar-refractivity contribution in [1.29, 1.82) is 0 Å². The van der Waals surface area contributed by atoms with Crippen LogP contribution in [0.2, 0.25) is 0 Å². The minimum atomic E-state index is -1.14. The molecule has 0 unspecified atom stereocenters. The van der Waals surface area contributed by atoms with Gasteiger partial charge in [-0.15, -0.1) is 0 Å². The quantitative estimate of drug-likeness (QED) is 0.276. The van der Waals surface area contributed by atoms with Crippen molar-refractivity contribution in [1.82, 2.24) is 16.0 Å². The van der Waals surface area contributed by atoms with Crippen molar-refractivity contribution in [2.24, 2.45) is 0 Å². The van der Waals surface area contributed by atoms with Gasteiger partial charge in [0.05, 0.1) is 0 Å². The summed E-state index contributed by atoms with van der Waals surface area (Å²) in [6, 6.07) is 13.7. The van der Waals surface area contributed by atoms with Gasteiger partial charge in [-0.1, -0.05) is 62.2 Å². The fourth-order valence-corrected chi connectivity index (χ4v) is 3.70. The Kier molecular flexibility index (Phi) is 12.4. The van der Waals surface area contributed by atoms with Gasteiger partial charge in [0, 0.05) is 6.42 Å². The van der Waals surface area contributed by atoms with Gasteiger partial charge in [-0.05, 0) is 57.4 Å². The molecular weight excluding hydrogens is 514 g/mol. The number of aliphatic carboxylic acids is 1. The average Bonchev–Trinajstić information content (AvgIpc) is 2.89. The van der Waals surface area contributed by atoms with Crippen LogP contribution in [0.4, 0.5) is 4.79 Å². The first-order valence-corrected chi connectivity index (χ1v) is 13.5. The Labute approximate surface area is 235 Å². The number of rotatable bonds is 14. The van der Waals surface area contributed by atoms with Gasteiger partial charge in [-0.25, -0.2) is 9.59 Å². The van der Waals surface area contributed by atoms with Crippen LogP contribution in [-0.2, 0) is 32.1 Å². The van der Waals surface area contributed by atoms with Crippen LogP contribution in [0.3, 0.4) is 0 Å². The summed E-state index contributed by atoms with van der Waals surface area (Å²) < 4.78 is 11.1. The number of benzene rings is 2. The molecule has 0 saturated carbocycles. The second kappa shape index (κ2) is 15.5. The van der Waals surface area contributed by atoms with Crippen LogP contribution in [0.1, 0.15) is 65.0 Å². The van der Waals surface area contributed by atoms with E-state index in [9.17, 15) is 24.3 Å². The van der Waals surface area contributed by atoms with Crippen LogP contribution in [0.15, 0.2) is 54.6 Å². The lowest BCUT2D eigenvalue weighted by Gasteiger charge is -2.25. The van der Waals surface area contributed by atoms with Crippen LogP contribution in [-0.4, -0.2) is 52.7 Å². The normalized spacial score (nSPS) is 13.3. The Bertz CT molecular complexity index is 1110. The fourth-order valence-electron chi connectivity index (χ4n) is 3.70. The van der Waals surface area contributed by atoms with E-state index in [1.807, 2.05) is 37.3 Å². The van der Waals surface area contributed by atoms with E-state index in [-0.39, 0.29) is 12.8 Å². The molecule has 0 heterocycles. The maximum atomic E-state index is 13.2. The topological polar surface area (TPSA) is 143 Å². The molecule has 10 heteroatoms. The zero-order chi connectivity index (χ0) is 29.7. The van der Waals surface area contributed by atoms with Gasteiger partial charge in [0.1, 0.15) is 36.1 Å². The number of amides is 3. The van der Waals surface area contributed by atoms with Gasteiger partial charge in [-0.3, -0.25) is 9.59 Å². The molecule has 3 atom stereocenters. The zero-order valence-electron chi connectivity index (χ0n) is 23.9. The summed E-state index contributed by atoms with van der Waals surface area (Å²) in [7, 11) is 0. The van der Waals surface area contributed by atoms with E-state index in [4.69, 9.17) is 9.47 Å². The van der Waals surface area contributed by atoms with Gasteiger partial charge < -0.3 is 30.5 Å². The largest absolute Gasteiger partial charge is 0.489 e. The third-order valence-corrected chi connectivity index (χ3v) is 5.83. The number of hydrogen-bond donors (Lipinski definition) is 4. The van der Waals surface area contributed by atoms with Gasteiger partial charge in [0.25, 0.3) is 0 Å². The van der Waals surface area contributed by atoms with E-state index in [2.05, 4.69) is 16.0 Å². The number of hydrogen-bond acceptors (Lipinski definition) is 6. The average molecular weight is 556 g/mol. The van der Waals surface area contributed by atoms with Crippen molar-refractivity contribution in [3.63, 3.8) is 0 Å². The molecule has 40 heavy (non-hydrogen) atoms. The zero-order valence-corrected chi connectivity index (χ0v) is 23.9. The van der Waals surface area contributed by atoms with Crippen molar-refractivity contribution < 1.29 is 33.8 Å². The fraction of sp³-hybridized carbons (Fsp3) is 0.467. The van der Waals surface area contributed by atoms with Crippen LogP contribution < -0.4 is 20.7 Å². The second-order valence-corrected chi connectivity index (χ2v) is 10.6. The molecule has 10 nitrogen and oxygen atoms in total. The predicted octanol–water partition coefficient (Wildman–Crippen LogP) is 3.97. The second-order valence-electron chi connectivity index (χ2n) is 10.6. The maximum absolute atomic E-state index is 13.2. The lowest BCUT2D eigenvalue weighted by atomic mass is 10.0. The summed E-state index contributed by atoms with van der Waals surface area (Å²) in [5.74, 6) is -1.73. The molecule has 0 bridgehead atoms. The van der Waals surface area contributed by atoms with E-state index in [0.717, 1.165) is 17.5 Å². The highest BCUT2D eigenvalue weighted by atomic mass is 16.6. The molecule has 0 aliphatic heterocycles. The number of unbranched alkanes of at least 4 members (excludes halogenated alkanes) is 1. The molecule has 4 N–H and O–H groups in total. The van der Waals surface area contributed by atoms with Crippen molar-refractivity contribution in [3.05, 3.63) is 65.7 Å². The smallest absolute Gasteiger partial charge is 0.408 e. The first-order chi connectivity index (χ1) is 18.9.